The minimum Gasteiger partial charge on any atom is -0.481 e. The predicted molar refractivity (Wildman–Crippen MR) is 89.6 cm³/mol. The third kappa shape index (κ3) is 3.07. The van der Waals surface area contributed by atoms with Gasteiger partial charge in [-0.15, -0.1) is 11.8 Å². The first kappa shape index (κ1) is 15.6. The molecular weight excluding hydrogens is 314 g/mol. The normalized spacial score (nSPS) is 17.9. The van der Waals surface area contributed by atoms with Crippen molar-refractivity contribution in [2.45, 2.75) is 18.1 Å². The molecule has 5 nitrogen and oxygen atoms in total. The van der Waals surface area contributed by atoms with Crippen LogP contribution >= 0.6 is 11.8 Å². The van der Waals surface area contributed by atoms with Gasteiger partial charge in [-0.3, -0.25) is 14.4 Å². The van der Waals surface area contributed by atoms with E-state index in [1.807, 2.05) is 36.4 Å². The van der Waals surface area contributed by atoms with E-state index in [9.17, 15) is 14.4 Å². The van der Waals surface area contributed by atoms with E-state index in [2.05, 4.69) is 0 Å². The van der Waals surface area contributed by atoms with Crippen molar-refractivity contribution in [3.63, 3.8) is 0 Å². The van der Waals surface area contributed by atoms with Crippen LogP contribution in [0.15, 0.2) is 42.5 Å². The average molecular weight is 329 g/mol. The van der Waals surface area contributed by atoms with Crippen molar-refractivity contribution in [3.8, 4) is 0 Å². The van der Waals surface area contributed by atoms with E-state index >= 15 is 0 Å². The number of hydrogen-bond acceptors (Lipinski definition) is 4. The summed E-state index contributed by atoms with van der Waals surface area (Å²) < 4.78 is 0. The number of anilines is 1. The summed E-state index contributed by atoms with van der Waals surface area (Å²) in [7, 11) is 0. The van der Waals surface area contributed by atoms with E-state index in [1.165, 1.54) is 16.7 Å². The molecule has 2 aromatic rings. The standard InChI is InChI=1S/C17H15NO4S/c19-15-10-14(23-9-8-16(20)21)17(22)18(15)13-7-3-5-11-4-1-2-6-12(11)13/h1-7,14H,8-10H2,(H,20,21). The number of carbonyl (C=O) groups is 3. The van der Waals surface area contributed by atoms with Crippen molar-refractivity contribution in [3.05, 3.63) is 42.5 Å². The monoisotopic (exact) mass is 329 g/mol. The summed E-state index contributed by atoms with van der Waals surface area (Å²) >= 11 is 1.24. The highest BCUT2D eigenvalue weighted by molar-refractivity contribution is 8.00. The number of fused-ring (bicyclic) bond motifs is 1. The lowest BCUT2D eigenvalue weighted by Gasteiger charge is -2.17. The Labute approximate surface area is 137 Å². The first-order chi connectivity index (χ1) is 11.1. The number of carbonyl (C=O) groups excluding carboxylic acids is 2. The molecule has 3 rings (SSSR count). The van der Waals surface area contributed by atoms with Crippen molar-refractivity contribution < 1.29 is 19.5 Å². The van der Waals surface area contributed by atoms with Gasteiger partial charge in [-0.25, -0.2) is 4.90 Å². The first-order valence-corrected chi connectivity index (χ1v) is 8.31. The molecule has 0 aromatic heterocycles. The third-order valence-corrected chi connectivity index (χ3v) is 4.96. The van der Waals surface area contributed by atoms with Crippen LogP contribution in [0.3, 0.4) is 0 Å². The number of hydrogen-bond donors (Lipinski definition) is 1. The molecule has 1 unspecified atom stereocenters. The minimum atomic E-state index is -0.903. The highest BCUT2D eigenvalue weighted by Gasteiger charge is 2.40. The van der Waals surface area contributed by atoms with E-state index < -0.39 is 11.2 Å². The van der Waals surface area contributed by atoms with Gasteiger partial charge in [0.2, 0.25) is 11.8 Å². The van der Waals surface area contributed by atoms with Crippen molar-refractivity contribution in [2.24, 2.45) is 0 Å². The lowest BCUT2D eigenvalue weighted by atomic mass is 10.1. The van der Waals surface area contributed by atoms with E-state index in [-0.39, 0.29) is 24.7 Å². The Morgan fingerprint density at radius 2 is 1.91 bits per heavy atom. The number of benzene rings is 2. The summed E-state index contributed by atoms with van der Waals surface area (Å²) in [5.41, 5.74) is 0.597. The molecule has 1 aliphatic heterocycles. The zero-order chi connectivity index (χ0) is 16.4. The summed E-state index contributed by atoms with van der Waals surface area (Å²) in [4.78, 5) is 36.7. The zero-order valence-corrected chi connectivity index (χ0v) is 13.1. The van der Waals surface area contributed by atoms with Crippen LogP contribution in [0.5, 0.6) is 0 Å². The number of thioether (sulfide) groups is 1. The minimum absolute atomic E-state index is 0.0170. The Hall–Kier alpha value is -2.34. The molecule has 2 aromatic carbocycles. The number of carboxylic acids is 1. The number of aliphatic carboxylic acids is 1. The van der Waals surface area contributed by atoms with E-state index in [1.54, 1.807) is 6.07 Å². The van der Waals surface area contributed by atoms with Gasteiger partial charge < -0.3 is 5.11 Å². The summed E-state index contributed by atoms with van der Waals surface area (Å²) in [6.45, 7) is 0. The van der Waals surface area contributed by atoms with Crippen LogP contribution < -0.4 is 4.90 Å². The first-order valence-electron chi connectivity index (χ1n) is 7.26. The molecule has 0 bridgehead atoms. The van der Waals surface area contributed by atoms with E-state index in [0.29, 0.717) is 11.4 Å². The molecule has 1 saturated heterocycles. The van der Waals surface area contributed by atoms with E-state index in [0.717, 1.165) is 10.8 Å². The Kier molecular flexibility index (Phi) is 4.34. The molecule has 1 N–H and O–H groups in total. The summed E-state index contributed by atoms with van der Waals surface area (Å²) in [6, 6.07) is 13.1. The summed E-state index contributed by atoms with van der Waals surface area (Å²) in [6.07, 6.45) is 0.100. The van der Waals surface area contributed by atoms with Gasteiger partial charge in [-0.1, -0.05) is 36.4 Å². The van der Waals surface area contributed by atoms with Crippen molar-refractivity contribution in [2.75, 3.05) is 10.7 Å². The molecule has 0 aliphatic carbocycles. The highest BCUT2D eigenvalue weighted by atomic mass is 32.2. The fourth-order valence-corrected chi connectivity index (χ4v) is 3.76. The maximum Gasteiger partial charge on any atom is 0.304 e. The van der Waals surface area contributed by atoms with Gasteiger partial charge in [-0.05, 0) is 11.5 Å². The highest BCUT2D eigenvalue weighted by Crippen LogP contribution is 2.34. The number of amides is 2. The molecule has 0 saturated carbocycles. The molecule has 118 valence electrons. The van der Waals surface area contributed by atoms with Gasteiger partial charge in [0.05, 0.1) is 17.4 Å². The van der Waals surface area contributed by atoms with Gasteiger partial charge >= 0.3 is 5.97 Å². The van der Waals surface area contributed by atoms with Gasteiger partial charge in [0.15, 0.2) is 0 Å². The maximum absolute atomic E-state index is 12.6. The van der Waals surface area contributed by atoms with Gasteiger partial charge in [0.25, 0.3) is 0 Å². The molecule has 1 aliphatic rings. The molecule has 6 heteroatoms. The molecule has 1 atom stereocenters. The predicted octanol–water partition coefficient (Wildman–Crippen LogP) is 2.68. The Morgan fingerprint density at radius 1 is 1.17 bits per heavy atom. The number of imide groups is 1. The average Bonchev–Trinajstić information content (AvgIpc) is 2.81. The van der Waals surface area contributed by atoms with Crippen LogP contribution in [0.2, 0.25) is 0 Å². The molecule has 2 amide bonds. The van der Waals surface area contributed by atoms with Crippen LogP contribution in [0, 0.1) is 0 Å². The number of carboxylic acid groups (broad SMARTS) is 1. The smallest absolute Gasteiger partial charge is 0.304 e. The van der Waals surface area contributed by atoms with Crippen LogP contribution in [0.4, 0.5) is 5.69 Å². The molecule has 0 spiro atoms. The topological polar surface area (TPSA) is 74.7 Å². The SMILES string of the molecule is O=C(O)CCSC1CC(=O)N(c2cccc3ccccc23)C1=O. The summed E-state index contributed by atoms with van der Waals surface area (Å²) in [5, 5.41) is 10.00. The second-order valence-corrected chi connectivity index (χ2v) is 6.58. The fraction of sp³-hybridized carbons (Fsp3) is 0.235. The lowest BCUT2D eigenvalue weighted by molar-refractivity contribution is -0.136. The van der Waals surface area contributed by atoms with Crippen LogP contribution in [-0.2, 0) is 14.4 Å². The Balaban J connectivity index is 1.86. The Bertz CT molecular complexity index is 784. The van der Waals surface area contributed by atoms with Crippen molar-refractivity contribution in [1.29, 1.82) is 0 Å². The third-order valence-electron chi connectivity index (χ3n) is 3.75. The number of rotatable bonds is 5. The van der Waals surface area contributed by atoms with E-state index in [4.69, 9.17) is 5.11 Å². The van der Waals surface area contributed by atoms with Gasteiger partial charge in [0.1, 0.15) is 0 Å². The quantitative estimate of drug-likeness (QED) is 0.854. The van der Waals surface area contributed by atoms with Crippen LogP contribution in [0.25, 0.3) is 10.8 Å². The van der Waals surface area contributed by atoms with Crippen LogP contribution in [-0.4, -0.2) is 33.9 Å². The van der Waals surface area contributed by atoms with Gasteiger partial charge in [-0.2, -0.15) is 0 Å². The zero-order valence-electron chi connectivity index (χ0n) is 12.3. The molecule has 1 heterocycles. The second-order valence-electron chi connectivity index (χ2n) is 5.27. The molecule has 23 heavy (non-hydrogen) atoms. The Morgan fingerprint density at radius 3 is 2.70 bits per heavy atom. The van der Waals surface area contributed by atoms with Crippen molar-refractivity contribution in [1.82, 2.24) is 0 Å². The second kappa shape index (κ2) is 6.42. The van der Waals surface area contributed by atoms with Gasteiger partial charge in [0, 0.05) is 17.6 Å². The largest absolute Gasteiger partial charge is 0.481 e. The number of nitrogens with zero attached hydrogens (tertiary/aromatic N) is 1. The maximum atomic E-state index is 12.6. The molecule has 1 fully saturated rings. The summed E-state index contributed by atoms with van der Waals surface area (Å²) in [5.74, 6) is -1.08. The molecular formula is C17H15NO4S. The molecule has 0 radical (unpaired) electrons. The van der Waals surface area contributed by atoms with Crippen LogP contribution in [0.1, 0.15) is 12.8 Å². The fourth-order valence-electron chi connectivity index (χ4n) is 2.68. The van der Waals surface area contributed by atoms with Crippen molar-refractivity contribution >= 4 is 46.0 Å². The lowest BCUT2D eigenvalue weighted by Crippen LogP contribution is -2.31.